The van der Waals surface area contributed by atoms with Crippen molar-refractivity contribution in [3.05, 3.63) is 33.9 Å². The molecule has 1 fully saturated rings. The third kappa shape index (κ3) is 2.85. The number of hydrogen-bond acceptors (Lipinski definition) is 5. The maximum absolute atomic E-state index is 11.3. The number of nitro benzene ring substituents is 1. The molecular formula is C12H13N3O5. The summed E-state index contributed by atoms with van der Waals surface area (Å²) < 4.78 is 0. The van der Waals surface area contributed by atoms with Gasteiger partial charge < -0.3 is 15.3 Å². The first-order valence-corrected chi connectivity index (χ1v) is 6.02. The highest BCUT2D eigenvalue weighted by molar-refractivity contribution is 5.90. The van der Waals surface area contributed by atoms with E-state index < -0.39 is 10.9 Å². The molecule has 1 amide bonds. The average molecular weight is 279 g/mol. The van der Waals surface area contributed by atoms with E-state index in [1.807, 2.05) is 0 Å². The normalized spacial score (nSPS) is 15.4. The lowest BCUT2D eigenvalue weighted by atomic mass is 10.1. The number of nitrogens with one attached hydrogen (secondary N) is 1. The van der Waals surface area contributed by atoms with Gasteiger partial charge in [0.05, 0.1) is 10.5 Å². The lowest BCUT2D eigenvalue weighted by Gasteiger charge is -2.21. The van der Waals surface area contributed by atoms with Crippen LogP contribution in [0.3, 0.4) is 0 Å². The predicted octanol–water partition coefficient (Wildman–Crippen LogP) is 0.619. The van der Waals surface area contributed by atoms with Crippen LogP contribution in [0.1, 0.15) is 16.8 Å². The fourth-order valence-corrected chi connectivity index (χ4v) is 2.07. The zero-order valence-corrected chi connectivity index (χ0v) is 10.5. The molecular weight excluding hydrogens is 266 g/mol. The quantitative estimate of drug-likeness (QED) is 0.619. The van der Waals surface area contributed by atoms with Crippen LogP contribution in [0.4, 0.5) is 11.4 Å². The van der Waals surface area contributed by atoms with Gasteiger partial charge >= 0.3 is 5.97 Å². The highest BCUT2D eigenvalue weighted by Crippen LogP contribution is 2.29. The maximum Gasteiger partial charge on any atom is 0.335 e. The Hall–Kier alpha value is -2.64. The standard InChI is InChI=1S/C12H13N3O5/c16-11-3-5-14(6-4-13-11)10-7-8(12(17)18)1-2-9(10)15(19)20/h1-2,7H,3-6H2,(H,13,16)(H,17,18). The summed E-state index contributed by atoms with van der Waals surface area (Å²) in [5, 5.41) is 22.7. The van der Waals surface area contributed by atoms with Crippen molar-refractivity contribution in [3.63, 3.8) is 0 Å². The van der Waals surface area contributed by atoms with Gasteiger partial charge in [0.2, 0.25) is 5.91 Å². The second-order valence-electron chi connectivity index (χ2n) is 4.35. The smallest absolute Gasteiger partial charge is 0.335 e. The first-order valence-electron chi connectivity index (χ1n) is 6.02. The van der Waals surface area contributed by atoms with Crippen molar-refractivity contribution in [2.45, 2.75) is 6.42 Å². The van der Waals surface area contributed by atoms with E-state index in [-0.39, 0.29) is 29.3 Å². The molecule has 2 rings (SSSR count). The number of amides is 1. The molecule has 20 heavy (non-hydrogen) atoms. The van der Waals surface area contributed by atoms with Crippen molar-refractivity contribution in [2.75, 3.05) is 24.5 Å². The van der Waals surface area contributed by atoms with E-state index in [0.717, 1.165) is 0 Å². The molecule has 1 saturated heterocycles. The number of hydrogen-bond donors (Lipinski definition) is 2. The van der Waals surface area contributed by atoms with Crippen molar-refractivity contribution in [1.82, 2.24) is 5.32 Å². The second kappa shape index (κ2) is 5.55. The number of carboxylic acids is 1. The fraction of sp³-hybridized carbons (Fsp3) is 0.333. The highest BCUT2D eigenvalue weighted by atomic mass is 16.6. The summed E-state index contributed by atoms with van der Waals surface area (Å²) in [6.45, 7) is 1.08. The van der Waals surface area contributed by atoms with Gasteiger partial charge in [-0.15, -0.1) is 0 Å². The molecule has 0 unspecified atom stereocenters. The molecule has 1 heterocycles. The topological polar surface area (TPSA) is 113 Å². The summed E-state index contributed by atoms with van der Waals surface area (Å²) in [4.78, 5) is 34.4. The van der Waals surface area contributed by atoms with Crippen LogP contribution in [0.25, 0.3) is 0 Å². The molecule has 0 bridgehead atoms. The van der Waals surface area contributed by atoms with Crippen molar-refractivity contribution < 1.29 is 19.6 Å². The molecule has 8 nitrogen and oxygen atoms in total. The molecule has 2 N–H and O–H groups in total. The van der Waals surface area contributed by atoms with Crippen LogP contribution in [-0.2, 0) is 4.79 Å². The lowest BCUT2D eigenvalue weighted by Crippen LogP contribution is -2.29. The van der Waals surface area contributed by atoms with Gasteiger partial charge in [-0.05, 0) is 12.1 Å². The van der Waals surface area contributed by atoms with Crippen molar-refractivity contribution in [1.29, 1.82) is 0 Å². The number of carbonyl (C=O) groups is 2. The van der Waals surface area contributed by atoms with Crippen LogP contribution in [0.2, 0.25) is 0 Å². The first kappa shape index (κ1) is 13.8. The van der Waals surface area contributed by atoms with Gasteiger partial charge in [-0.3, -0.25) is 14.9 Å². The highest BCUT2D eigenvalue weighted by Gasteiger charge is 2.23. The van der Waals surface area contributed by atoms with Gasteiger partial charge in [0.15, 0.2) is 0 Å². The molecule has 0 saturated carbocycles. The van der Waals surface area contributed by atoms with Crippen molar-refractivity contribution in [2.24, 2.45) is 0 Å². The SMILES string of the molecule is O=C1CCN(c2cc(C(=O)O)ccc2[N+](=O)[O-])CCN1. The summed E-state index contributed by atoms with van der Waals surface area (Å²) >= 11 is 0. The van der Waals surface area contributed by atoms with Crippen LogP contribution in [0.15, 0.2) is 18.2 Å². The van der Waals surface area contributed by atoms with Gasteiger partial charge in [-0.1, -0.05) is 0 Å². The third-order valence-electron chi connectivity index (χ3n) is 3.07. The molecule has 0 aromatic heterocycles. The van der Waals surface area contributed by atoms with E-state index in [9.17, 15) is 19.7 Å². The minimum atomic E-state index is -1.15. The molecule has 1 aliphatic rings. The molecule has 106 valence electrons. The summed E-state index contributed by atoms with van der Waals surface area (Å²) in [5.74, 6) is -1.27. The lowest BCUT2D eigenvalue weighted by molar-refractivity contribution is -0.384. The summed E-state index contributed by atoms with van der Waals surface area (Å²) in [5.41, 5.74) is 0.0462. The summed E-state index contributed by atoms with van der Waals surface area (Å²) in [6.07, 6.45) is 0.217. The monoisotopic (exact) mass is 279 g/mol. The Balaban J connectivity index is 2.40. The van der Waals surface area contributed by atoms with Crippen LogP contribution in [0.5, 0.6) is 0 Å². The predicted molar refractivity (Wildman–Crippen MR) is 69.9 cm³/mol. The number of benzene rings is 1. The molecule has 0 spiro atoms. The van der Waals surface area contributed by atoms with Gasteiger partial charge in [0.25, 0.3) is 5.69 Å². The first-order chi connectivity index (χ1) is 9.49. The number of nitrogens with zero attached hydrogens (tertiary/aromatic N) is 2. The van der Waals surface area contributed by atoms with E-state index in [0.29, 0.717) is 19.6 Å². The van der Waals surface area contributed by atoms with Crippen molar-refractivity contribution >= 4 is 23.3 Å². The van der Waals surface area contributed by atoms with Gasteiger partial charge in [0, 0.05) is 32.1 Å². The number of rotatable bonds is 3. The Kier molecular flexibility index (Phi) is 3.83. The van der Waals surface area contributed by atoms with E-state index >= 15 is 0 Å². The number of carboxylic acid groups (broad SMARTS) is 1. The van der Waals surface area contributed by atoms with Gasteiger partial charge in [-0.2, -0.15) is 0 Å². The summed E-state index contributed by atoms with van der Waals surface area (Å²) in [7, 11) is 0. The van der Waals surface area contributed by atoms with Crippen molar-refractivity contribution in [3.8, 4) is 0 Å². The van der Waals surface area contributed by atoms with E-state index in [1.165, 1.54) is 18.2 Å². The number of aromatic carboxylic acids is 1. The van der Waals surface area contributed by atoms with E-state index in [2.05, 4.69) is 5.32 Å². The fourth-order valence-electron chi connectivity index (χ4n) is 2.07. The van der Waals surface area contributed by atoms with Gasteiger partial charge in [0.1, 0.15) is 5.69 Å². The van der Waals surface area contributed by atoms with Gasteiger partial charge in [-0.25, -0.2) is 4.79 Å². The molecule has 0 atom stereocenters. The largest absolute Gasteiger partial charge is 0.478 e. The molecule has 1 aromatic carbocycles. The van der Waals surface area contributed by atoms with Crippen LogP contribution >= 0.6 is 0 Å². The second-order valence-corrected chi connectivity index (χ2v) is 4.35. The Labute approximate surface area is 114 Å². The average Bonchev–Trinajstić information content (AvgIpc) is 2.62. The number of nitro groups is 1. The maximum atomic E-state index is 11.3. The third-order valence-corrected chi connectivity index (χ3v) is 3.07. The minimum Gasteiger partial charge on any atom is -0.478 e. The molecule has 0 radical (unpaired) electrons. The molecule has 1 aromatic rings. The Morgan fingerprint density at radius 1 is 1.40 bits per heavy atom. The van der Waals surface area contributed by atoms with Crippen LogP contribution in [-0.4, -0.2) is 41.5 Å². The zero-order valence-electron chi connectivity index (χ0n) is 10.5. The zero-order chi connectivity index (χ0) is 14.7. The summed E-state index contributed by atoms with van der Waals surface area (Å²) in [6, 6.07) is 3.65. The molecule has 1 aliphatic heterocycles. The molecule has 0 aliphatic carbocycles. The van der Waals surface area contributed by atoms with E-state index in [4.69, 9.17) is 5.11 Å². The Morgan fingerprint density at radius 2 is 2.15 bits per heavy atom. The minimum absolute atomic E-state index is 0.0193. The molecule has 8 heteroatoms. The Morgan fingerprint density at radius 3 is 2.80 bits per heavy atom. The number of anilines is 1. The Bertz CT molecular complexity index is 572. The van der Waals surface area contributed by atoms with Crippen LogP contribution < -0.4 is 10.2 Å². The number of carbonyl (C=O) groups excluding carboxylic acids is 1. The van der Waals surface area contributed by atoms with E-state index in [1.54, 1.807) is 4.90 Å². The van der Waals surface area contributed by atoms with Crippen LogP contribution in [0, 0.1) is 10.1 Å².